The minimum Gasteiger partial charge on any atom is -0.492 e. The molecule has 41 heavy (non-hydrogen) atoms. The van der Waals surface area contributed by atoms with Crippen LogP contribution < -0.4 is 15.4 Å². The molecular weight excluding hydrogens is 536 g/mol. The van der Waals surface area contributed by atoms with Gasteiger partial charge in [0.15, 0.2) is 10.8 Å². The fourth-order valence-electron chi connectivity index (χ4n) is 4.98. The molecule has 3 aromatic heterocycles. The second-order valence-corrected chi connectivity index (χ2v) is 12.9. The van der Waals surface area contributed by atoms with Crippen LogP contribution in [-0.4, -0.2) is 51.7 Å². The number of imidazole rings is 1. The lowest BCUT2D eigenvalue weighted by atomic mass is 9.93. The smallest absolute Gasteiger partial charge is 0.324 e. The maximum absolute atomic E-state index is 12.4. The van der Waals surface area contributed by atoms with Crippen molar-refractivity contribution in [1.82, 2.24) is 19.4 Å². The lowest BCUT2D eigenvalue weighted by molar-refractivity contribution is 0.160. The Morgan fingerprint density at radius 2 is 1.88 bits per heavy atom. The van der Waals surface area contributed by atoms with E-state index in [0.29, 0.717) is 23.9 Å². The van der Waals surface area contributed by atoms with Crippen LogP contribution in [0.25, 0.3) is 26.4 Å². The number of thiazole rings is 1. The van der Waals surface area contributed by atoms with E-state index in [1.54, 1.807) is 17.4 Å². The highest BCUT2D eigenvalue weighted by molar-refractivity contribution is 7.23. The Morgan fingerprint density at radius 3 is 2.61 bits per heavy atom. The van der Waals surface area contributed by atoms with E-state index in [4.69, 9.17) is 14.2 Å². The monoisotopic (exact) mass is 572 g/mol. The van der Waals surface area contributed by atoms with Crippen LogP contribution in [0.2, 0.25) is 0 Å². The number of fused-ring (bicyclic) bond motifs is 3. The molecule has 10 heteroatoms. The summed E-state index contributed by atoms with van der Waals surface area (Å²) in [7, 11) is 0. The average Bonchev–Trinajstić information content (AvgIpc) is 3.65. The topological polar surface area (TPSA) is 96.9 Å². The van der Waals surface area contributed by atoms with Crippen LogP contribution in [-0.2, 0) is 5.41 Å². The molecule has 214 valence electrons. The van der Waals surface area contributed by atoms with E-state index in [9.17, 15) is 4.79 Å². The van der Waals surface area contributed by atoms with Crippen molar-refractivity contribution in [3.05, 3.63) is 60.5 Å². The van der Waals surface area contributed by atoms with Gasteiger partial charge in [0.1, 0.15) is 18.1 Å². The predicted molar refractivity (Wildman–Crippen MR) is 164 cm³/mol. The van der Waals surface area contributed by atoms with E-state index in [0.717, 1.165) is 44.6 Å². The highest BCUT2D eigenvalue weighted by Crippen LogP contribution is 2.32. The molecule has 1 saturated heterocycles. The van der Waals surface area contributed by atoms with Crippen LogP contribution in [0, 0.1) is 5.92 Å². The lowest BCUT2D eigenvalue weighted by Gasteiger charge is -2.29. The SMILES string of the molecule is CC1CCN(CCOc2ccc3c(c2)sc2nc(-c4ccc(NC(=O)Nc5cc(C(C)(C)C)on5)cc4)cn23)CC1. The fraction of sp³-hybridized carbons (Fsp3) is 0.387. The minimum atomic E-state index is -0.384. The normalized spacial score (nSPS) is 15.0. The quantitative estimate of drug-likeness (QED) is 0.213. The number of anilines is 2. The van der Waals surface area contributed by atoms with Crippen LogP contribution in [0.5, 0.6) is 5.75 Å². The number of rotatable bonds is 7. The summed E-state index contributed by atoms with van der Waals surface area (Å²) in [5.74, 6) is 2.83. The van der Waals surface area contributed by atoms with Crippen LogP contribution in [0.4, 0.5) is 16.3 Å². The lowest BCUT2D eigenvalue weighted by Crippen LogP contribution is -2.35. The summed E-state index contributed by atoms with van der Waals surface area (Å²) < 4.78 is 14.7. The Bertz CT molecular complexity index is 1650. The number of hydrogen-bond donors (Lipinski definition) is 2. The summed E-state index contributed by atoms with van der Waals surface area (Å²) in [5, 5.41) is 9.47. The molecule has 2 N–H and O–H groups in total. The van der Waals surface area contributed by atoms with Crippen LogP contribution in [0.3, 0.4) is 0 Å². The van der Waals surface area contributed by atoms with Gasteiger partial charge in [-0.05, 0) is 62.2 Å². The molecule has 2 amide bonds. The first kappa shape index (κ1) is 27.3. The maximum Gasteiger partial charge on any atom is 0.324 e. The van der Waals surface area contributed by atoms with Gasteiger partial charge in [-0.25, -0.2) is 9.78 Å². The molecule has 0 spiro atoms. The summed E-state index contributed by atoms with van der Waals surface area (Å²) in [6, 6.07) is 15.2. The van der Waals surface area contributed by atoms with Gasteiger partial charge in [-0.2, -0.15) is 0 Å². The Morgan fingerprint density at radius 1 is 1.10 bits per heavy atom. The number of aromatic nitrogens is 3. The molecule has 0 bridgehead atoms. The van der Waals surface area contributed by atoms with E-state index >= 15 is 0 Å². The predicted octanol–water partition coefficient (Wildman–Crippen LogP) is 7.26. The summed E-state index contributed by atoms with van der Waals surface area (Å²) >= 11 is 1.65. The van der Waals surface area contributed by atoms with Gasteiger partial charge in [0.2, 0.25) is 0 Å². The van der Waals surface area contributed by atoms with Gasteiger partial charge in [0.05, 0.1) is 15.9 Å². The third-order valence-electron chi connectivity index (χ3n) is 7.55. The molecule has 6 rings (SSSR count). The number of nitrogens with zero attached hydrogens (tertiary/aromatic N) is 4. The molecule has 2 aromatic carbocycles. The van der Waals surface area contributed by atoms with Gasteiger partial charge >= 0.3 is 6.03 Å². The standard InChI is InChI=1S/C31H36N6O3S/c1-20-11-13-36(14-12-20)15-16-39-23-9-10-25-26(17-23)41-30-33-24(19-37(25)30)21-5-7-22(8-6-21)32-29(38)34-28-18-27(40-35-28)31(2,3)4/h5-10,17-20H,11-16H2,1-4H3,(H2,32,34,35,38). The van der Waals surface area contributed by atoms with Crippen LogP contribution >= 0.6 is 11.3 Å². The molecule has 9 nitrogen and oxygen atoms in total. The zero-order valence-corrected chi connectivity index (χ0v) is 24.8. The van der Waals surface area contributed by atoms with Crippen molar-refractivity contribution in [2.24, 2.45) is 5.92 Å². The summed E-state index contributed by atoms with van der Waals surface area (Å²) in [6.45, 7) is 12.4. The van der Waals surface area contributed by atoms with Crippen LogP contribution in [0.15, 0.2) is 59.3 Å². The van der Waals surface area contributed by atoms with Crippen molar-refractivity contribution in [2.45, 2.75) is 46.0 Å². The largest absolute Gasteiger partial charge is 0.492 e. The van der Waals surface area contributed by atoms with E-state index in [-0.39, 0.29) is 11.4 Å². The Labute approximate surface area is 243 Å². The number of amides is 2. The highest BCUT2D eigenvalue weighted by atomic mass is 32.1. The van der Waals surface area contributed by atoms with Gasteiger partial charge in [-0.3, -0.25) is 14.6 Å². The fourth-order valence-corrected chi connectivity index (χ4v) is 6.02. The summed E-state index contributed by atoms with van der Waals surface area (Å²) in [5.41, 5.74) is 3.44. The molecule has 1 aliphatic heterocycles. The van der Waals surface area contributed by atoms with Crippen LogP contribution in [0.1, 0.15) is 46.3 Å². The first-order chi connectivity index (χ1) is 19.7. The number of carbonyl (C=O) groups is 1. The van der Waals surface area contributed by atoms with Gasteiger partial charge in [-0.1, -0.05) is 56.3 Å². The average molecular weight is 573 g/mol. The number of ether oxygens (including phenoxy) is 1. The Balaban J connectivity index is 1.07. The second kappa shape index (κ2) is 11.2. The van der Waals surface area contributed by atoms with Crippen molar-refractivity contribution in [3.8, 4) is 17.0 Å². The number of likely N-dealkylation sites (tertiary alicyclic amines) is 1. The second-order valence-electron chi connectivity index (χ2n) is 11.9. The van der Waals surface area contributed by atoms with Crippen molar-refractivity contribution < 1.29 is 14.1 Å². The van der Waals surface area contributed by atoms with Gasteiger partial charge < -0.3 is 14.6 Å². The molecule has 0 saturated carbocycles. The number of carbonyl (C=O) groups excluding carboxylic acids is 1. The van der Waals surface area contributed by atoms with E-state index < -0.39 is 0 Å². The van der Waals surface area contributed by atoms with Crippen molar-refractivity contribution in [3.63, 3.8) is 0 Å². The number of benzene rings is 2. The van der Waals surface area contributed by atoms with Crippen molar-refractivity contribution >= 4 is 44.1 Å². The molecule has 0 unspecified atom stereocenters. The summed E-state index contributed by atoms with van der Waals surface area (Å²) in [4.78, 5) is 20.7. The van der Waals surface area contributed by atoms with E-state index in [2.05, 4.69) is 50.3 Å². The van der Waals surface area contributed by atoms with E-state index in [1.807, 2.05) is 51.1 Å². The molecule has 0 radical (unpaired) electrons. The first-order valence-electron chi connectivity index (χ1n) is 14.1. The van der Waals surface area contributed by atoms with Gasteiger partial charge in [-0.15, -0.1) is 0 Å². The van der Waals surface area contributed by atoms with Gasteiger partial charge in [0, 0.05) is 35.5 Å². The zero-order valence-electron chi connectivity index (χ0n) is 23.9. The molecule has 1 aliphatic rings. The molecular formula is C31H36N6O3S. The summed E-state index contributed by atoms with van der Waals surface area (Å²) in [6.07, 6.45) is 4.62. The number of hydrogen-bond acceptors (Lipinski definition) is 7. The zero-order chi connectivity index (χ0) is 28.6. The third kappa shape index (κ3) is 6.23. The van der Waals surface area contributed by atoms with E-state index in [1.165, 1.54) is 25.9 Å². The first-order valence-corrected chi connectivity index (χ1v) is 15.0. The molecule has 0 atom stereocenters. The maximum atomic E-state index is 12.4. The highest BCUT2D eigenvalue weighted by Gasteiger charge is 2.20. The van der Waals surface area contributed by atoms with Crippen molar-refractivity contribution in [1.29, 1.82) is 0 Å². The minimum absolute atomic E-state index is 0.184. The molecule has 1 fully saturated rings. The Hall–Kier alpha value is -3.89. The molecule has 5 aromatic rings. The molecule has 4 heterocycles. The number of urea groups is 1. The third-order valence-corrected chi connectivity index (χ3v) is 8.57. The molecule has 0 aliphatic carbocycles. The number of nitrogens with one attached hydrogen (secondary N) is 2. The Kier molecular flexibility index (Phi) is 7.44. The van der Waals surface area contributed by atoms with Crippen molar-refractivity contribution in [2.75, 3.05) is 36.9 Å². The number of piperidine rings is 1. The van der Waals surface area contributed by atoms with Gasteiger partial charge in [0.25, 0.3) is 0 Å².